The van der Waals surface area contributed by atoms with Gasteiger partial charge in [-0.1, -0.05) is 6.07 Å². The lowest BCUT2D eigenvalue weighted by Crippen LogP contribution is -2.14. The van der Waals surface area contributed by atoms with Crippen molar-refractivity contribution in [3.8, 4) is 0 Å². The summed E-state index contributed by atoms with van der Waals surface area (Å²) < 4.78 is 15.1. The van der Waals surface area contributed by atoms with Crippen molar-refractivity contribution in [3.63, 3.8) is 0 Å². The molecule has 2 aromatic rings. The number of nitrogens with zero attached hydrogens (tertiary/aromatic N) is 2. The van der Waals surface area contributed by atoms with Crippen LogP contribution in [0.2, 0.25) is 0 Å². The molecule has 4 nitrogen and oxygen atoms in total. The van der Waals surface area contributed by atoms with Crippen molar-refractivity contribution in [1.29, 1.82) is 0 Å². The molecule has 1 aromatic heterocycles. The molecule has 1 N–H and O–H groups in total. The number of rotatable bonds is 4. The Bertz CT molecular complexity index is 537. The van der Waals surface area contributed by atoms with Crippen LogP contribution in [0.15, 0.2) is 36.9 Å². The monoisotopic (exact) mass is 247 g/mol. The van der Waals surface area contributed by atoms with E-state index in [0.717, 1.165) is 0 Å². The molecule has 0 atom stereocenters. The minimum absolute atomic E-state index is 0.146. The smallest absolute Gasteiger partial charge is 0.226 e. The molecule has 0 fully saturated rings. The zero-order valence-corrected chi connectivity index (χ0v) is 10.1. The molecule has 0 radical (unpaired) electrons. The number of benzene rings is 1. The Balaban J connectivity index is 1.88. The van der Waals surface area contributed by atoms with E-state index in [2.05, 4.69) is 10.3 Å². The van der Waals surface area contributed by atoms with Crippen LogP contribution in [0.25, 0.3) is 0 Å². The number of imidazole rings is 1. The number of hydrogen-bond acceptors (Lipinski definition) is 2. The second-order valence-corrected chi connectivity index (χ2v) is 4.06. The van der Waals surface area contributed by atoms with Crippen LogP contribution >= 0.6 is 0 Å². The summed E-state index contributed by atoms with van der Waals surface area (Å²) >= 11 is 0. The van der Waals surface area contributed by atoms with Gasteiger partial charge in [-0.05, 0) is 24.6 Å². The first-order valence-corrected chi connectivity index (χ1v) is 5.67. The molecule has 0 aliphatic rings. The summed E-state index contributed by atoms with van der Waals surface area (Å²) in [6.07, 6.45) is 5.43. The van der Waals surface area contributed by atoms with Crippen LogP contribution in [-0.2, 0) is 11.3 Å². The molecule has 0 unspecified atom stereocenters. The first-order chi connectivity index (χ1) is 8.65. The second-order valence-electron chi connectivity index (χ2n) is 4.06. The van der Waals surface area contributed by atoms with Crippen molar-refractivity contribution in [2.45, 2.75) is 19.9 Å². The third-order valence-corrected chi connectivity index (χ3v) is 2.61. The van der Waals surface area contributed by atoms with E-state index in [1.807, 2.05) is 4.57 Å². The number of amides is 1. The first-order valence-electron chi connectivity index (χ1n) is 5.67. The molecule has 1 amide bonds. The van der Waals surface area contributed by atoms with Crippen molar-refractivity contribution in [2.24, 2.45) is 0 Å². The fraction of sp³-hybridized carbons (Fsp3) is 0.231. The fourth-order valence-electron chi connectivity index (χ4n) is 1.54. The largest absolute Gasteiger partial charge is 0.337 e. The zero-order valence-electron chi connectivity index (χ0n) is 10.1. The Morgan fingerprint density at radius 1 is 1.50 bits per heavy atom. The summed E-state index contributed by atoms with van der Waals surface area (Å²) in [7, 11) is 0. The third kappa shape index (κ3) is 3.16. The van der Waals surface area contributed by atoms with Crippen molar-refractivity contribution < 1.29 is 9.18 Å². The molecular formula is C13H14FN3O. The lowest BCUT2D eigenvalue weighted by atomic mass is 10.2. The molecule has 1 aromatic carbocycles. The predicted octanol–water partition coefficient (Wildman–Crippen LogP) is 2.36. The number of carbonyl (C=O) groups excluding carboxylic acids is 1. The minimum Gasteiger partial charge on any atom is -0.337 e. The molecule has 0 aliphatic carbocycles. The quantitative estimate of drug-likeness (QED) is 0.901. The van der Waals surface area contributed by atoms with E-state index in [-0.39, 0.29) is 11.7 Å². The molecule has 0 saturated heterocycles. The van der Waals surface area contributed by atoms with Crippen molar-refractivity contribution in [1.82, 2.24) is 9.55 Å². The van der Waals surface area contributed by atoms with Gasteiger partial charge >= 0.3 is 0 Å². The Kier molecular flexibility index (Phi) is 3.72. The van der Waals surface area contributed by atoms with Gasteiger partial charge in [0.2, 0.25) is 5.91 Å². The SMILES string of the molecule is Cc1ccc(NC(=O)CCn2ccnc2)cc1F. The maximum absolute atomic E-state index is 13.3. The van der Waals surface area contributed by atoms with Crippen molar-refractivity contribution in [2.75, 3.05) is 5.32 Å². The summed E-state index contributed by atoms with van der Waals surface area (Å²) in [6, 6.07) is 4.65. The summed E-state index contributed by atoms with van der Waals surface area (Å²) in [6.45, 7) is 2.24. The Morgan fingerprint density at radius 2 is 2.33 bits per heavy atom. The standard InChI is InChI=1S/C13H14FN3O/c1-10-2-3-11(8-12(10)14)16-13(18)4-6-17-7-5-15-9-17/h2-3,5,7-9H,4,6H2,1H3,(H,16,18). The topological polar surface area (TPSA) is 46.9 Å². The maximum atomic E-state index is 13.3. The molecule has 0 saturated carbocycles. The number of carbonyl (C=O) groups is 1. The molecule has 0 bridgehead atoms. The van der Waals surface area contributed by atoms with Gasteiger partial charge in [-0.25, -0.2) is 9.37 Å². The molecule has 18 heavy (non-hydrogen) atoms. The van der Waals surface area contributed by atoms with Crippen LogP contribution in [-0.4, -0.2) is 15.5 Å². The number of anilines is 1. The van der Waals surface area contributed by atoms with Gasteiger partial charge < -0.3 is 9.88 Å². The minimum atomic E-state index is -0.317. The average Bonchev–Trinajstić information content (AvgIpc) is 2.84. The van der Waals surface area contributed by atoms with E-state index < -0.39 is 0 Å². The van der Waals surface area contributed by atoms with E-state index >= 15 is 0 Å². The van der Waals surface area contributed by atoms with E-state index in [1.54, 1.807) is 37.8 Å². The van der Waals surface area contributed by atoms with Gasteiger partial charge in [0.25, 0.3) is 0 Å². The lowest BCUT2D eigenvalue weighted by Gasteiger charge is -2.06. The highest BCUT2D eigenvalue weighted by Gasteiger charge is 2.04. The highest BCUT2D eigenvalue weighted by atomic mass is 19.1. The molecular weight excluding hydrogens is 233 g/mol. The van der Waals surface area contributed by atoms with Crippen LogP contribution in [0.4, 0.5) is 10.1 Å². The van der Waals surface area contributed by atoms with E-state index in [1.165, 1.54) is 6.07 Å². The van der Waals surface area contributed by atoms with Crippen molar-refractivity contribution >= 4 is 11.6 Å². The van der Waals surface area contributed by atoms with Crippen LogP contribution in [0, 0.1) is 12.7 Å². The van der Waals surface area contributed by atoms with Crippen LogP contribution in [0.1, 0.15) is 12.0 Å². The number of aryl methyl sites for hydroxylation is 2. The average molecular weight is 247 g/mol. The lowest BCUT2D eigenvalue weighted by molar-refractivity contribution is -0.116. The molecule has 1 heterocycles. The summed E-state index contributed by atoms with van der Waals surface area (Å²) in [5.74, 6) is -0.464. The zero-order chi connectivity index (χ0) is 13.0. The highest BCUT2D eigenvalue weighted by molar-refractivity contribution is 5.90. The molecule has 0 aliphatic heterocycles. The molecule has 94 valence electrons. The maximum Gasteiger partial charge on any atom is 0.226 e. The van der Waals surface area contributed by atoms with Gasteiger partial charge in [-0.2, -0.15) is 0 Å². The first kappa shape index (κ1) is 12.3. The Labute approximate surface area is 104 Å². The van der Waals surface area contributed by atoms with Crippen LogP contribution < -0.4 is 5.32 Å². The summed E-state index contributed by atoms with van der Waals surface area (Å²) in [5, 5.41) is 2.66. The van der Waals surface area contributed by atoms with Crippen LogP contribution in [0.5, 0.6) is 0 Å². The number of hydrogen-bond donors (Lipinski definition) is 1. The fourth-order valence-corrected chi connectivity index (χ4v) is 1.54. The van der Waals surface area contributed by atoms with Gasteiger partial charge in [0.15, 0.2) is 0 Å². The van der Waals surface area contributed by atoms with Gasteiger partial charge in [-0.3, -0.25) is 4.79 Å². The Hall–Kier alpha value is -2.17. The van der Waals surface area contributed by atoms with Crippen molar-refractivity contribution in [3.05, 3.63) is 48.3 Å². The Morgan fingerprint density at radius 3 is 3.00 bits per heavy atom. The number of halogens is 1. The highest BCUT2D eigenvalue weighted by Crippen LogP contribution is 2.13. The summed E-state index contributed by atoms with van der Waals surface area (Å²) in [5.41, 5.74) is 1.04. The molecule has 2 rings (SSSR count). The van der Waals surface area contributed by atoms with Gasteiger partial charge in [-0.15, -0.1) is 0 Å². The molecule has 0 spiro atoms. The van der Waals surface area contributed by atoms with Crippen LogP contribution in [0.3, 0.4) is 0 Å². The van der Waals surface area contributed by atoms with E-state index in [9.17, 15) is 9.18 Å². The van der Waals surface area contributed by atoms with E-state index in [4.69, 9.17) is 0 Å². The van der Waals surface area contributed by atoms with Gasteiger partial charge in [0.1, 0.15) is 5.82 Å². The summed E-state index contributed by atoms with van der Waals surface area (Å²) in [4.78, 5) is 15.5. The van der Waals surface area contributed by atoms with Gasteiger partial charge in [0.05, 0.1) is 6.33 Å². The normalized spacial score (nSPS) is 10.3. The number of aromatic nitrogens is 2. The number of nitrogens with one attached hydrogen (secondary N) is 1. The predicted molar refractivity (Wildman–Crippen MR) is 66.6 cm³/mol. The van der Waals surface area contributed by atoms with Gasteiger partial charge in [0, 0.05) is 31.0 Å². The second kappa shape index (κ2) is 5.44. The molecule has 5 heteroatoms. The third-order valence-electron chi connectivity index (χ3n) is 2.61. The van der Waals surface area contributed by atoms with E-state index in [0.29, 0.717) is 24.2 Å².